The summed E-state index contributed by atoms with van der Waals surface area (Å²) >= 11 is 1.45. The normalized spacial score (nSPS) is 23.7. The lowest BCUT2D eigenvalue weighted by Crippen LogP contribution is -2.45. The average molecular weight is 307 g/mol. The van der Waals surface area contributed by atoms with E-state index >= 15 is 0 Å². The molecule has 0 aliphatic carbocycles. The van der Waals surface area contributed by atoms with Gasteiger partial charge in [0.15, 0.2) is 0 Å². The minimum atomic E-state index is -0.000825. The van der Waals surface area contributed by atoms with Crippen molar-refractivity contribution >= 4 is 21.6 Å². The second-order valence-electron chi connectivity index (χ2n) is 6.23. The number of rotatable bonds is 4. The monoisotopic (exact) mass is 307 g/mol. The zero-order valence-corrected chi connectivity index (χ0v) is 13.1. The summed E-state index contributed by atoms with van der Waals surface area (Å²) in [4.78, 5) is 19.0. The zero-order valence-electron chi connectivity index (χ0n) is 12.3. The Morgan fingerprint density at radius 1 is 1.48 bits per heavy atom. The van der Waals surface area contributed by atoms with E-state index in [0.29, 0.717) is 6.54 Å². The van der Waals surface area contributed by atoms with E-state index in [1.54, 1.807) is 10.9 Å². The number of thiophene rings is 1. The molecule has 0 radical (unpaired) electrons. The number of fused-ring (bicyclic) bond motifs is 1. The molecule has 0 amide bonds. The van der Waals surface area contributed by atoms with E-state index in [2.05, 4.69) is 16.8 Å². The van der Waals surface area contributed by atoms with Gasteiger partial charge in [-0.3, -0.25) is 9.36 Å². The highest BCUT2D eigenvalue weighted by Gasteiger charge is 2.29. The fourth-order valence-corrected chi connectivity index (χ4v) is 3.83. The molecular weight excluding hydrogens is 286 g/mol. The lowest BCUT2D eigenvalue weighted by Gasteiger charge is -2.39. The second kappa shape index (κ2) is 5.87. The van der Waals surface area contributed by atoms with Crippen LogP contribution in [0.4, 0.5) is 0 Å². The molecule has 1 N–H and O–H groups in total. The SMILES string of the molecule is CC1(CO)CCCN(CCn2cnc3ccsc3c2=O)C1. The van der Waals surface area contributed by atoms with Crippen LogP contribution < -0.4 is 5.56 Å². The molecule has 1 unspecified atom stereocenters. The van der Waals surface area contributed by atoms with Crippen LogP contribution in [0.25, 0.3) is 10.2 Å². The number of nitrogens with zero attached hydrogens (tertiary/aromatic N) is 3. The molecule has 0 saturated carbocycles. The molecule has 0 spiro atoms. The number of likely N-dealkylation sites (tertiary alicyclic amines) is 1. The number of hydrogen-bond donors (Lipinski definition) is 1. The third-order valence-corrected chi connectivity index (χ3v) is 5.23. The third kappa shape index (κ3) is 3.02. The van der Waals surface area contributed by atoms with Crippen molar-refractivity contribution < 1.29 is 5.11 Å². The summed E-state index contributed by atoms with van der Waals surface area (Å²) in [5.74, 6) is 0. The van der Waals surface area contributed by atoms with Gasteiger partial charge in [-0.2, -0.15) is 0 Å². The molecule has 1 fully saturated rings. The van der Waals surface area contributed by atoms with Crippen LogP contribution in [0.1, 0.15) is 19.8 Å². The Hall–Kier alpha value is -1.24. The van der Waals surface area contributed by atoms with Gasteiger partial charge in [0.25, 0.3) is 5.56 Å². The van der Waals surface area contributed by atoms with Gasteiger partial charge < -0.3 is 10.0 Å². The second-order valence-corrected chi connectivity index (χ2v) is 7.14. The zero-order chi connectivity index (χ0) is 14.9. The Morgan fingerprint density at radius 3 is 3.14 bits per heavy atom. The van der Waals surface area contributed by atoms with E-state index in [0.717, 1.165) is 42.7 Å². The predicted molar refractivity (Wildman–Crippen MR) is 84.7 cm³/mol. The van der Waals surface area contributed by atoms with Crippen LogP contribution in [0.5, 0.6) is 0 Å². The lowest BCUT2D eigenvalue weighted by molar-refractivity contribution is 0.0450. The Labute approximate surface area is 127 Å². The van der Waals surface area contributed by atoms with Gasteiger partial charge in [0.05, 0.1) is 11.8 Å². The number of hydrogen-bond acceptors (Lipinski definition) is 5. The van der Waals surface area contributed by atoms with E-state index in [1.807, 2.05) is 11.4 Å². The van der Waals surface area contributed by atoms with Crippen molar-refractivity contribution in [2.24, 2.45) is 5.41 Å². The first-order valence-corrected chi connectivity index (χ1v) is 8.25. The maximum atomic E-state index is 12.3. The maximum Gasteiger partial charge on any atom is 0.271 e. The first-order valence-electron chi connectivity index (χ1n) is 7.37. The van der Waals surface area contributed by atoms with E-state index in [9.17, 15) is 9.90 Å². The molecule has 1 saturated heterocycles. The van der Waals surface area contributed by atoms with E-state index in [-0.39, 0.29) is 17.6 Å². The number of aliphatic hydroxyl groups excluding tert-OH is 1. The van der Waals surface area contributed by atoms with Crippen LogP contribution in [0.2, 0.25) is 0 Å². The van der Waals surface area contributed by atoms with E-state index < -0.39 is 0 Å². The summed E-state index contributed by atoms with van der Waals surface area (Å²) in [6, 6.07) is 1.88. The Balaban J connectivity index is 1.69. The first kappa shape index (κ1) is 14.7. The molecule has 2 aromatic heterocycles. The fourth-order valence-electron chi connectivity index (χ4n) is 3.03. The molecule has 1 aliphatic heterocycles. The molecule has 0 aromatic carbocycles. The molecule has 5 nitrogen and oxygen atoms in total. The summed E-state index contributed by atoms with van der Waals surface area (Å²) in [6.45, 7) is 5.78. The Morgan fingerprint density at radius 2 is 2.33 bits per heavy atom. The van der Waals surface area contributed by atoms with Crippen molar-refractivity contribution in [3.63, 3.8) is 0 Å². The van der Waals surface area contributed by atoms with Gasteiger partial charge in [0, 0.05) is 31.7 Å². The third-order valence-electron chi connectivity index (χ3n) is 4.33. The molecule has 21 heavy (non-hydrogen) atoms. The molecular formula is C15H21N3O2S. The fraction of sp³-hybridized carbons (Fsp3) is 0.600. The minimum absolute atomic E-state index is 0.000825. The van der Waals surface area contributed by atoms with Crippen LogP contribution in [-0.2, 0) is 6.54 Å². The van der Waals surface area contributed by atoms with Crippen LogP contribution in [-0.4, -0.2) is 45.8 Å². The molecule has 1 aliphatic rings. The van der Waals surface area contributed by atoms with E-state index in [1.165, 1.54) is 11.3 Å². The molecule has 0 bridgehead atoms. The molecule has 3 heterocycles. The molecule has 6 heteroatoms. The quantitative estimate of drug-likeness (QED) is 0.931. The topological polar surface area (TPSA) is 58.4 Å². The highest BCUT2D eigenvalue weighted by Crippen LogP contribution is 2.28. The van der Waals surface area contributed by atoms with Gasteiger partial charge >= 0.3 is 0 Å². The highest BCUT2D eigenvalue weighted by atomic mass is 32.1. The predicted octanol–water partition coefficient (Wildman–Crippen LogP) is 1.55. The molecule has 3 rings (SSSR count). The minimum Gasteiger partial charge on any atom is -0.396 e. The van der Waals surface area contributed by atoms with Crippen LogP contribution in [0.3, 0.4) is 0 Å². The standard InChI is InChI=1S/C15H21N3O2S/c1-15(10-19)4-2-5-17(9-15)6-7-18-11-16-12-3-8-21-13(12)14(18)20/h3,8,11,19H,2,4-7,9-10H2,1H3. The first-order chi connectivity index (χ1) is 10.1. The number of aliphatic hydroxyl groups is 1. The van der Waals surface area contributed by atoms with Crippen molar-refractivity contribution in [1.82, 2.24) is 14.5 Å². The van der Waals surface area contributed by atoms with Crippen molar-refractivity contribution in [1.29, 1.82) is 0 Å². The summed E-state index contributed by atoms with van der Waals surface area (Å²) in [6.07, 6.45) is 3.82. The summed E-state index contributed by atoms with van der Waals surface area (Å²) < 4.78 is 2.43. The van der Waals surface area contributed by atoms with Crippen molar-refractivity contribution in [2.75, 3.05) is 26.2 Å². The van der Waals surface area contributed by atoms with Crippen LogP contribution in [0, 0.1) is 5.41 Å². The Bertz CT molecular complexity index is 681. The van der Waals surface area contributed by atoms with E-state index in [4.69, 9.17) is 0 Å². The number of aromatic nitrogens is 2. The molecule has 2 aromatic rings. The van der Waals surface area contributed by atoms with Gasteiger partial charge in [-0.05, 0) is 30.8 Å². The highest BCUT2D eigenvalue weighted by molar-refractivity contribution is 7.17. The van der Waals surface area contributed by atoms with Crippen molar-refractivity contribution in [3.8, 4) is 0 Å². The summed E-state index contributed by atoms with van der Waals surface area (Å²) in [5, 5.41) is 11.4. The van der Waals surface area contributed by atoms with Crippen molar-refractivity contribution in [2.45, 2.75) is 26.3 Å². The van der Waals surface area contributed by atoms with Gasteiger partial charge in [0.2, 0.25) is 0 Å². The maximum absolute atomic E-state index is 12.3. The van der Waals surface area contributed by atoms with Gasteiger partial charge in [-0.25, -0.2) is 4.98 Å². The van der Waals surface area contributed by atoms with Gasteiger partial charge in [-0.15, -0.1) is 11.3 Å². The lowest BCUT2D eigenvalue weighted by atomic mass is 9.83. The average Bonchev–Trinajstić information content (AvgIpc) is 2.96. The smallest absolute Gasteiger partial charge is 0.271 e. The largest absolute Gasteiger partial charge is 0.396 e. The van der Waals surface area contributed by atoms with Crippen LogP contribution >= 0.6 is 11.3 Å². The van der Waals surface area contributed by atoms with Crippen molar-refractivity contribution in [3.05, 3.63) is 28.1 Å². The van der Waals surface area contributed by atoms with Gasteiger partial charge in [0.1, 0.15) is 4.70 Å². The summed E-state index contributed by atoms with van der Waals surface area (Å²) in [5.41, 5.74) is 0.836. The van der Waals surface area contributed by atoms with Crippen LogP contribution in [0.15, 0.2) is 22.6 Å². The number of piperidine rings is 1. The van der Waals surface area contributed by atoms with Gasteiger partial charge in [-0.1, -0.05) is 6.92 Å². The molecule has 114 valence electrons. The Kier molecular flexibility index (Phi) is 4.10. The summed E-state index contributed by atoms with van der Waals surface area (Å²) in [7, 11) is 0. The molecule has 1 atom stereocenters.